The van der Waals surface area contributed by atoms with Gasteiger partial charge in [-0.05, 0) is 31.2 Å². The fraction of sp³-hybridized carbons (Fsp3) is 0.211. The van der Waals surface area contributed by atoms with Gasteiger partial charge >= 0.3 is 0 Å². The van der Waals surface area contributed by atoms with E-state index in [0.29, 0.717) is 22.5 Å². The van der Waals surface area contributed by atoms with Crippen molar-refractivity contribution in [3.05, 3.63) is 70.8 Å². The second-order valence-electron chi connectivity index (χ2n) is 5.80. The number of aromatic nitrogens is 2. The maximum absolute atomic E-state index is 12.5. The van der Waals surface area contributed by atoms with Crippen molar-refractivity contribution in [3.8, 4) is 5.75 Å². The first-order valence-corrected chi connectivity index (χ1v) is 7.99. The van der Waals surface area contributed by atoms with Crippen LogP contribution in [0.2, 0.25) is 0 Å². The number of amides is 1. The molecule has 128 valence electrons. The molecule has 0 fully saturated rings. The number of nitrogens with one attached hydrogen (secondary N) is 1. The van der Waals surface area contributed by atoms with Crippen LogP contribution >= 0.6 is 0 Å². The summed E-state index contributed by atoms with van der Waals surface area (Å²) < 4.78 is 5.65. The molecule has 3 aromatic rings. The summed E-state index contributed by atoms with van der Waals surface area (Å²) in [4.78, 5) is 33.2. The van der Waals surface area contributed by atoms with E-state index >= 15 is 0 Å². The number of rotatable bonds is 5. The number of hydrogen-bond acceptors (Lipinski definition) is 4. The van der Waals surface area contributed by atoms with Crippen LogP contribution < -0.4 is 10.3 Å². The van der Waals surface area contributed by atoms with E-state index in [2.05, 4.69) is 9.97 Å². The van der Waals surface area contributed by atoms with Crippen molar-refractivity contribution in [2.45, 2.75) is 19.6 Å². The maximum atomic E-state index is 12.5. The quantitative estimate of drug-likeness (QED) is 0.775. The zero-order valence-corrected chi connectivity index (χ0v) is 14.1. The Kier molecular flexibility index (Phi) is 4.79. The summed E-state index contributed by atoms with van der Waals surface area (Å²) >= 11 is 0. The first-order chi connectivity index (χ1) is 12.0. The van der Waals surface area contributed by atoms with Crippen molar-refractivity contribution in [1.29, 1.82) is 0 Å². The summed E-state index contributed by atoms with van der Waals surface area (Å²) in [7, 11) is 1.66. The number of benzene rings is 2. The first-order valence-electron chi connectivity index (χ1n) is 7.99. The summed E-state index contributed by atoms with van der Waals surface area (Å²) in [6.45, 7) is 1.89. The SMILES string of the molecule is CC(Oc1ccccc1)C(=O)N(C)Cc1nc2ccccc2c(=O)[nH]1. The van der Waals surface area contributed by atoms with E-state index < -0.39 is 6.10 Å². The van der Waals surface area contributed by atoms with Gasteiger partial charge in [0.15, 0.2) is 6.10 Å². The van der Waals surface area contributed by atoms with Crippen LogP contribution in [0.3, 0.4) is 0 Å². The van der Waals surface area contributed by atoms with E-state index in [4.69, 9.17) is 4.74 Å². The van der Waals surface area contributed by atoms with Crippen LogP contribution in [0.5, 0.6) is 5.75 Å². The third-order valence-corrected chi connectivity index (χ3v) is 3.83. The lowest BCUT2D eigenvalue weighted by Crippen LogP contribution is -2.38. The van der Waals surface area contributed by atoms with Crippen LogP contribution in [-0.2, 0) is 11.3 Å². The molecule has 2 aromatic carbocycles. The molecule has 1 unspecified atom stereocenters. The van der Waals surface area contributed by atoms with Crippen molar-refractivity contribution < 1.29 is 9.53 Å². The smallest absolute Gasteiger partial charge is 0.263 e. The third-order valence-electron chi connectivity index (χ3n) is 3.83. The number of para-hydroxylation sites is 2. The maximum Gasteiger partial charge on any atom is 0.263 e. The van der Waals surface area contributed by atoms with E-state index in [1.165, 1.54) is 4.90 Å². The van der Waals surface area contributed by atoms with Gasteiger partial charge in [-0.15, -0.1) is 0 Å². The monoisotopic (exact) mass is 337 g/mol. The number of aromatic amines is 1. The minimum atomic E-state index is -0.639. The van der Waals surface area contributed by atoms with Crippen LogP contribution in [0.4, 0.5) is 0 Å². The molecule has 0 radical (unpaired) electrons. The molecule has 1 aromatic heterocycles. The number of likely N-dealkylation sites (N-methyl/N-ethyl adjacent to an activating group) is 1. The molecule has 0 saturated heterocycles. The van der Waals surface area contributed by atoms with Crippen LogP contribution in [0.25, 0.3) is 10.9 Å². The van der Waals surface area contributed by atoms with Crippen LogP contribution in [0.15, 0.2) is 59.4 Å². The van der Waals surface area contributed by atoms with Crippen molar-refractivity contribution in [1.82, 2.24) is 14.9 Å². The summed E-state index contributed by atoms with van der Waals surface area (Å²) in [5.74, 6) is 0.875. The third kappa shape index (κ3) is 3.85. The zero-order chi connectivity index (χ0) is 17.8. The lowest BCUT2D eigenvalue weighted by molar-refractivity contribution is -0.137. The molecule has 1 atom stereocenters. The molecule has 25 heavy (non-hydrogen) atoms. The van der Waals surface area contributed by atoms with Gasteiger partial charge in [-0.1, -0.05) is 30.3 Å². The lowest BCUT2D eigenvalue weighted by Gasteiger charge is -2.21. The van der Waals surface area contributed by atoms with Gasteiger partial charge < -0.3 is 14.6 Å². The molecule has 1 N–H and O–H groups in total. The topological polar surface area (TPSA) is 75.3 Å². The molecule has 0 aliphatic rings. The number of hydrogen-bond donors (Lipinski definition) is 1. The second kappa shape index (κ2) is 7.17. The molecular weight excluding hydrogens is 318 g/mol. The molecule has 3 rings (SSSR count). The molecule has 6 nitrogen and oxygen atoms in total. The highest BCUT2D eigenvalue weighted by molar-refractivity contribution is 5.81. The Balaban J connectivity index is 1.72. The van der Waals surface area contributed by atoms with Crippen molar-refractivity contribution in [2.75, 3.05) is 7.05 Å². The standard InChI is InChI=1S/C19H19N3O3/c1-13(25-14-8-4-3-5-9-14)19(24)22(2)12-17-20-16-11-7-6-10-15(16)18(23)21-17/h3-11,13H,12H2,1-2H3,(H,20,21,23). The van der Waals surface area contributed by atoms with E-state index in [9.17, 15) is 9.59 Å². The van der Waals surface area contributed by atoms with Crippen molar-refractivity contribution >= 4 is 16.8 Å². The van der Waals surface area contributed by atoms with Gasteiger partial charge in [-0.25, -0.2) is 4.98 Å². The van der Waals surface area contributed by atoms with Crippen LogP contribution in [0.1, 0.15) is 12.7 Å². The van der Waals surface area contributed by atoms with Crippen LogP contribution in [0, 0.1) is 0 Å². The molecule has 6 heteroatoms. The minimum Gasteiger partial charge on any atom is -0.481 e. The van der Waals surface area contributed by atoms with Crippen molar-refractivity contribution in [2.24, 2.45) is 0 Å². The average molecular weight is 337 g/mol. The lowest BCUT2D eigenvalue weighted by atomic mass is 10.2. The van der Waals surface area contributed by atoms with Gasteiger partial charge in [0, 0.05) is 7.05 Å². The molecule has 0 aliphatic heterocycles. The van der Waals surface area contributed by atoms with Gasteiger partial charge in [-0.3, -0.25) is 9.59 Å². The van der Waals surface area contributed by atoms with Gasteiger partial charge in [0.25, 0.3) is 11.5 Å². The summed E-state index contributed by atoms with van der Waals surface area (Å²) in [6, 6.07) is 16.3. The highest BCUT2D eigenvalue weighted by Gasteiger charge is 2.20. The fourth-order valence-corrected chi connectivity index (χ4v) is 2.58. The number of carbonyl (C=O) groups excluding carboxylic acids is 1. The normalized spacial score (nSPS) is 11.9. The van der Waals surface area contributed by atoms with Gasteiger partial charge in [-0.2, -0.15) is 0 Å². The Morgan fingerprint density at radius 1 is 1.16 bits per heavy atom. The van der Waals surface area contributed by atoms with Gasteiger partial charge in [0.05, 0.1) is 17.4 Å². The van der Waals surface area contributed by atoms with E-state index in [-0.39, 0.29) is 18.0 Å². The predicted octanol–water partition coefficient (Wildman–Crippen LogP) is 2.35. The highest BCUT2D eigenvalue weighted by Crippen LogP contribution is 2.12. The van der Waals surface area contributed by atoms with Crippen LogP contribution in [-0.4, -0.2) is 33.9 Å². The second-order valence-corrected chi connectivity index (χ2v) is 5.80. The Hall–Kier alpha value is -3.15. The Morgan fingerprint density at radius 2 is 1.84 bits per heavy atom. The van der Waals surface area contributed by atoms with Gasteiger partial charge in [0.2, 0.25) is 0 Å². The molecule has 1 amide bonds. The number of H-pyrrole nitrogens is 1. The summed E-state index contributed by atoms with van der Waals surface area (Å²) in [5, 5.41) is 0.529. The first kappa shape index (κ1) is 16.7. The van der Waals surface area contributed by atoms with E-state index in [1.807, 2.05) is 24.3 Å². The van der Waals surface area contributed by atoms with E-state index in [0.717, 1.165) is 0 Å². The Morgan fingerprint density at radius 3 is 2.60 bits per heavy atom. The molecular formula is C19H19N3O3. The highest BCUT2D eigenvalue weighted by atomic mass is 16.5. The molecule has 0 aliphatic carbocycles. The number of carbonyl (C=O) groups is 1. The Labute approximate surface area is 145 Å². The number of ether oxygens (including phenoxy) is 1. The van der Waals surface area contributed by atoms with E-state index in [1.54, 1.807) is 44.3 Å². The molecule has 1 heterocycles. The summed E-state index contributed by atoms with van der Waals surface area (Å²) in [6.07, 6.45) is -0.639. The fourth-order valence-electron chi connectivity index (χ4n) is 2.58. The van der Waals surface area contributed by atoms with Crippen molar-refractivity contribution in [3.63, 3.8) is 0 Å². The number of nitrogens with zero attached hydrogens (tertiary/aromatic N) is 2. The zero-order valence-electron chi connectivity index (χ0n) is 14.1. The minimum absolute atomic E-state index is 0.195. The largest absolute Gasteiger partial charge is 0.481 e. The molecule has 0 saturated carbocycles. The summed E-state index contributed by atoms with van der Waals surface area (Å²) in [5.41, 5.74) is 0.394. The molecule has 0 bridgehead atoms. The Bertz CT molecular complexity index is 937. The molecule has 0 spiro atoms. The number of fused-ring (bicyclic) bond motifs is 1. The van der Waals surface area contributed by atoms with Gasteiger partial charge in [0.1, 0.15) is 11.6 Å². The average Bonchev–Trinajstić information content (AvgIpc) is 2.62. The predicted molar refractivity (Wildman–Crippen MR) is 95.4 cm³/mol.